The van der Waals surface area contributed by atoms with Gasteiger partial charge >= 0.3 is 0 Å². The molecule has 150 valence electrons. The SMILES string of the molecule is CN=C(NCCc1ccc(-n2cccn2)cc1)N(C)Cc1cc(Cl)cn1C.I. The van der Waals surface area contributed by atoms with Gasteiger partial charge in [0.25, 0.3) is 0 Å². The topological polar surface area (TPSA) is 50.4 Å². The molecule has 0 unspecified atom stereocenters. The van der Waals surface area contributed by atoms with Gasteiger partial charge in [-0.15, -0.1) is 24.0 Å². The van der Waals surface area contributed by atoms with E-state index in [4.69, 9.17) is 11.6 Å². The van der Waals surface area contributed by atoms with Crippen LogP contribution in [0.2, 0.25) is 5.02 Å². The summed E-state index contributed by atoms with van der Waals surface area (Å²) in [5.74, 6) is 0.862. The van der Waals surface area contributed by atoms with E-state index < -0.39 is 0 Å². The fourth-order valence-electron chi connectivity index (χ4n) is 2.98. The van der Waals surface area contributed by atoms with Crippen LogP contribution in [-0.4, -0.2) is 45.8 Å². The van der Waals surface area contributed by atoms with Crippen LogP contribution in [-0.2, 0) is 20.0 Å². The first-order chi connectivity index (χ1) is 13.1. The Balaban J connectivity index is 0.00000280. The third-order valence-electron chi connectivity index (χ3n) is 4.45. The maximum absolute atomic E-state index is 6.07. The number of guanidine groups is 1. The van der Waals surface area contributed by atoms with Crippen molar-refractivity contribution in [2.45, 2.75) is 13.0 Å². The number of rotatable bonds is 6. The zero-order valence-electron chi connectivity index (χ0n) is 16.3. The molecule has 1 N–H and O–H groups in total. The third-order valence-corrected chi connectivity index (χ3v) is 4.66. The zero-order chi connectivity index (χ0) is 19.2. The first kappa shape index (κ1) is 22.3. The molecule has 28 heavy (non-hydrogen) atoms. The Bertz CT molecular complexity index is 886. The number of nitrogens with zero attached hydrogens (tertiary/aromatic N) is 5. The number of hydrogen-bond acceptors (Lipinski definition) is 2. The summed E-state index contributed by atoms with van der Waals surface area (Å²) in [5.41, 5.74) is 3.47. The fourth-order valence-corrected chi connectivity index (χ4v) is 3.25. The van der Waals surface area contributed by atoms with Crippen molar-refractivity contribution in [2.24, 2.45) is 12.0 Å². The van der Waals surface area contributed by atoms with Crippen molar-refractivity contribution in [1.29, 1.82) is 0 Å². The predicted molar refractivity (Wildman–Crippen MR) is 126 cm³/mol. The highest BCUT2D eigenvalue weighted by Gasteiger charge is 2.09. The second-order valence-electron chi connectivity index (χ2n) is 6.46. The lowest BCUT2D eigenvalue weighted by molar-refractivity contribution is 0.462. The third kappa shape index (κ3) is 5.75. The summed E-state index contributed by atoms with van der Waals surface area (Å²) in [5, 5.41) is 8.42. The molecule has 0 atom stereocenters. The lowest BCUT2D eigenvalue weighted by Crippen LogP contribution is -2.39. The molecule has 0 amide bonds. The van der Waals surface area contributed by atoms with Crippen molar-refractivity contribution in [2.75, 3.05) is 20.6 Å². The van der Waals surface area contributed by atoms with Gasteiger partial charge in [0.15, 0.2) is 5.96 Å². The summed E-state index contributed by atoms with van der Waals surface area (Å²) in [6, 6.07) is 12.3. The van der Waals surface area contributed by atoms with Crippen molar-refractivity contribution >= 4 is 41.5 Å². The second kappa shape index (κ2) is 10.5. The van der Waals surface area contributed by atoms with E-state index in [1.165, 1.54) is 5.56 Å². The van der Waals surface area contributed by atoms with Gasteiger partial charge in [0, 0.05) is 52.0 Å². The van der Waals surface area contributed by atoms with Gasteiger partial charge in [-0.25, -0.2) is 4.68 Å². The van der Waals surface area contributed by atoms with Crippen LogP contribution in [0, 0.1) is 0 Å². The highest BCUT2D eigenvalue weighted by Crippen LogP contribution is 2.14. The van der Waals surface area contributed by atoms with Gasteiger partial charge in [-0.2, -0.15) is 5.10 Å². The molecule has 0 bridgehead atoms. The Morgan fingerprint density at radius 3 is 2.61 bits per heavy atom. The van der Waals surface area contributed by atoms with Crippen LogP contribution in [0.1, 0.15) is 11.3 Å². The molecule has 0 radical (unpaired) electrons. The number of aliphatic imine (C=N–C) groups is 1. The summed E-state index contributed by atoms with van der Waals surface area (Å²) in [6.07, 6.45) is 6.55. The first-order valence-electron chi connectivity index (χ1n) is 8.88. The van der Waals surface area contributed by atoms with E-state index in [-0.39, 0.29) is 24.0 Å². The van der Waals surface area contributed by atoms with Crippen molar-refractivity contribution in [3.8, 4) is 5.69 Å². The Hall–Kier alpha value is -2.00. The van der Waals surface area contributed by atoms with Crippen LogP contribution in [0.4, 0.5) is 0 Å². The molecular weight excluding hydrogens is 487 g/mol. The number of aromatic nitrogens is 3. The molecule has 3 rings (SSSR count). The molecule has 0 saturated carbocycles. The summed E-state index contributed by atoms with van der Waals surface area (Å²) < 4.78 is 3.89. The first-order valence-corrected chi connectivity index (χ1v) is 9.26. The normalized spacial score (nSPS) is 11.2. The molecule has 1 aromatic carbocycles. The lowest BCUT2D eigenvalue weighted by atomic mass is 10.1. The van der Waals surface area contributed by atoms with Crippen LogP contribution in [0.3, 0.4) is 0 Å². The Morgan fingerprint density at radius 1 is 1.29 bits per heavy atom. The number of benzene rings is 1. The van der Waals surface area contributed by atoms with Gasteiger partial charge in [0.2, 0.25) is 0 Å². The van der Waals surface area contributed by atoms with Crippen LogP contribution >= 0.6 is 35.6 Å². The van der Waals surface area contributed by atoms with Gasteiger partial charge in [0.1, 0.15) is 0 Å². The van der Waals surface area contributed by atoms with Gasteiger partial charge in [-0.05, 0) is 36.2 Å². The Labute approximate surface area is 188 Å². The van der Waals surface area contributed by atoms with Crippen LogP contribution in [0.5, 0.6) is 0 Å². The van der Waals surface area contributed by atoms with Crippen molar-refractivity contribution in [1.82, 2.24) is 24.6 Å². The molecule has 0 saturated heterocycles. The maximum atomic E-state index is 6.07. The van der Waals surface area contributed by atoms with E-state index in [0.29, 0.717) is 0 Å². The number of hydrogen-bond donors (Lipinski definition) is 1. The molecule has 2 aromatic heterocycles. The minimum atomic E-state index is 0. The van der Waals surface area contributed by atoms with Gasteiger partial charge in [-0.1, -0.05) is 23.7 Å². The lowest BCUT2D eigenvalue weighted by Gasteiger charge is -2.22. The van der Waals surface area contributed by atoms with Crippen molar-refractivity contribution in [3.63, 3.8) is 0 Å². The number of halogens is 2. The second-order valence-corrected chi connectivity index (χ2v) is 6.89. The Morgan fingerprint density at radius 2 is 2.04 bits per heavy atom. The molecule has 3 aromatic rings. The van der Waals surface area contributed by atoms with Gasteiger partial charge in [-0.3, -0.25) is 4.99 Å². The molecule has 6 nitrogen and oxygen atoms in total. The van der Waals surface area contributed by atoms with E-state index in [1.54, 1.807) is 13.2 Å². The summed E-state index contributed by atoms with van der Waals surface area (Å²) in [6.45, 7) is 1.55. The maximum Gasteiger partial charge on any atom is 0.193 e. The van der Waals surface area contributed by atoms with E-state index in [0.717, 1.165) is 41.9 Å². The average molecular weight is 513 g/mol. The van der Waals surface area contributed by atoms with Crippen LogP contribution in [0.25, 0.3) is 5.69 Å². The monoisotopic (exact) mass is 512 g/mol. The van der Waals surface area contributed by atoms with Crippen LogP contribution < -0.4 is 5.32 Å². The largest absolute Gasteiger partial charge is 0.356 e. The van der Waals surface area contributed by atoms with Crippen molar-refractivity contribution < 1.29 is 0 Å². The van der Waals surface area contributed by atoms with Gasteiger partial charge in [0.05, 0.1) is 17.3 Å². The molecule has 0 fully saturated rings. The smallest absolute Gasteiger partial charge is 0.193 e. The van der Waals surface area contributed by atoms with E-state index in [1.807, 2.05) is 47.9 Å². The highest BCUT2D eigenvalue weighted by molar-refractivity contribution is 14.0. The molecule has 0 aliphatic rings. The van der Waals surface area contributed by atoms with E-state index >= 15 is 0 Å². The summed E-state index contributed by atoms with van der Waals surface area (Å²) in [4.78, 5) is 6.47. The molecule has 0 aliphatic carbocycles. The molecule has 0 aliphatic heterocycles. The van der Waals surface area contributed by atoms with Gasteiger partial charge < -0.3 is 14.8 Å². The number of aryl methyl sites for hydroxylation is 1. The average Bonchev–Trinajstić information content (AvgIpc) is 3.29. The van der Waals surface area contributed by atoms with Crippen molar-refractivity contribution in [3.05, 3.63) is 71.3 Å². The Kier molecular flexibility index (Phi) is 8.37. The summed E-state index contributed by atoms with van der Waals surface area (Å²) in [7, 11) is 5.82. The molecule has 8 heteroatoms. The standard InChI is InChI=1S/C20H25ClN6.HI/c1-22-20(26(3)15-19-13-17(21)14-25(19)2)23-11-9-16-5-7-18(8-6-16)27-12-4-10-24-27;/h4-8,10,12-14H,9,11,15H2,1-3H3,(H,22,23);1H. The zero-order valence-corrected chi connectivity index (χ0v) is 19.4. The predicted octanol–water partition coefficient (Wildman–Crippen LogP) is 3.73. The van der Waals surface area contributed by atoms with E-state index in [9.17, 15) is 0 Å². The van der Waals surface area contributed by atoms with Crippen LogP contribution in [0.15, 0.2) is 60.0 Å². The summed E-state index contributed by atoms with van der Waals surface area (Å²) >= 11 is 6.07. The fraction of sp³-hybridized carbons (Fsp3) is 0.300. The van der Waals surface area contributed by atoms with E-state index in [2.05, 4.69) is 44.6 Å². The molecular formula is C20H26ClIN6. The minimum absolute atomic E-state index is 0. The molecule has 0 spiro atoms. The number of nitrogens with one attached hydrogen (secondary N) is 1. The molecule has 2 heterocycles. The highest BCUT2D eigenvalue weighted by atomic mass is 127. The quantitative estimate of drug-likeness (QED) is 0.311. The minimum Gasteiger partial charge on any atom is -0.356 e.